The van der Waals surface area contributed by atoms with E-state index in [0.29, 0.717) is 29.8 Å². The molecule has 5 rings (SSSR count). The summed E-state index contributed by atoms with van der Waals surface area (Å²) in [6.45, 7) is 4.53. The molecule has 10 nitrogen and oxygen atoms in total. The van der Waals surface area contributed by atoms with Crippen molar-refractivity contribution in [2.45, 2.75) is 58.2 Å². The van der Waals surface area contributed by atoms with E-state index in [9.17, 15) is 9.59 Å². The highest BCUT2D eigenvalue weighted by Gasteiger charge is 2.48. The molecule has 1 unspecified atom stereocenters. The minimum atomic E-state index is -0.593. The molecule has 3 heterocycles. The quantitative estimate of drug-likeness (QED) is 0.479. The van der Waals surface area contributed by atoms with Crippen LogP contribution >= 0.6 is 0 Å². The lowest BCUT2D eigenvalue weighted by Gasteiger charge is -2.27. The zero-order valence-electron chi connectivity index (χ0n) is 19.9. The Labute approximate surface area is 198 Å². The van der Waals surface area contributed by atoms with Gasteiger partial charge in [0.1, 0.15) is 11.7 Å². The summed E-state index contributed by atoms with van der Waals surface area (Å²) in [5, 5.41) is 18.9. The van der Waals surface area contributed by atoms with Crippen LogP contribution in [0.25, 0.3) is 0 Å². The summed E-state index contributed by atoms with van der Waals surface area (Å²) in [5.41, 5.74) is 2.12. The van der Waals surface area contributed by atoms with Crippen molar-refractivity contribution < 1.29 is 9.59 Å². The number of anilines is 1. The molecule has 2 amide bonds. The van der Waals surface area contributed by atoms with Gasteiger partial charge in [0, 0.05) is 37.2 Å². The van der Waals surface area contributed by atoms with Crippen LogP contribution in [0.4, 0.5) is 5.69 Å². The summed E-state index contributed by atoms with van der Waals surface area (Å²) in [6, 6.07) is 1.16. The minimum absolute atomic E-state index is 0.0522. The summed E-state index contributed by atoms with van der Waals surface area (Å²) in [7, 11) is 1.87. The lowest BCUT2D eigenvalue weighted by atomic mass is 9.88. The second-order valence-corrected chi connectivity index (χ2v) is 9.90. The maximum absolute atomic E-state index is 13.5. The summed E-state index contributed by atoms with van der Waals surface area (Å²) in [4.78, 5) is 26.7. The van der Waals surface area contributed by atoms with Gasteiger partial charge < -0.3 is 10.6 Å². The Kier molecular flexibility index (Phi) is 5.97. The first-order valence-electron chi connectivity index (χ1n) is 12.0. The van der Waals surface area contributed by atoms with Gasteiger partial charge in [0.25, 0.3) is 5.91 Å². The van der Waals surface area contributed by atoms with Crippen LogP contribution in [0.1, 0.15) is 61.6 Å². The first kappa shape index (κ1) is 22.4. The molecule has 2 aliphatic carbocycles. The van der Waals surface area contributed by atoms with Gasteiger partial charge in [-0.25, -0.2) is 0 Å². The molecule has 34 heavy (non-hydrogen) atoms. The van der Waals surface area contributed by atoms with Crippen molar-refractivity contribution in [2.75, 3.05) is 5.32 Å². The van der Waals surface area contributed by atoms with E-state index in [4.69, 9.17) is 0 Å². The first-order valence-corrected chi connectivity index (χ1v) is 12.0. The fourth-order valence-corrected chi connectivity index (χ4v) is 4.82. The number of rotatable bonds is 10. The average molecular weight is 465 g/mol. The van der Waals surface area contributed by atoms with Crippen LogP contribution in [0.5, 0.6) is 0 Å². The number of amides is 2. The fourth-order valence-electron chi connectivity index (χ4n) is 4.82. The standard InChI is InChI=1S/C24H32N8O2/c1-15(2)32-20(8-9-25-32)23(33)29-22(21(17-4-5-17)18-6-7-18)24(34)28-19-11-27-31(14-19)13-16-10-26-30(3)12-16/h8-12,14-15,17-18,21-22H,4-7,13H2,1-3H3,(H,28,34)(H,29,33). The Morgan fingerprint density at radius 2 is 1.79 bits per heavy atom. The van der Waals surface area contributed by atoms with Gasteiger partial charge in [-0.15, -0.1) is 0 Å². The number of hydrogen-bond donors (Lipinski definition) is 2. The third-order valence-electron chi connectivity index (χ3n) is 6.68. The molecule has 0 saturated heterocycles. The Hall–Kier alpha value is -3.43. The SMILES string of the molecule is CC(C)n1nccc1C(=O)NC(C(=O)Nc1cnn(Cc2cnn(C)c2)c1)C(C1CC1)C1CC1. The minimum Gasteiger partial charge on any atom is -0.339 e. The molecule has 2 fully saturated rings. The lowest BCUT2D eigenvalue weighted by Crippen LogP contribution is -2.50. The number of aryl methyl sites for hydroxylation is 1. The molecule has 3 aromatic heterocycles. The molecule has 2 saturated carbocycles. The van der Waals surface area contributed by atoms with Crippen LogP contribution in [0.2, 0.25) is 0 Å². The van der Waals surface area contributed by atoms with Gasteiger partial charge >= 0.3 is 0 Å². The number of carbonyl (C=O) groups is 2. The molecule has 1 atom stereocenters. The number of hydrogen-bond acceptors (Lipinski definition) is 5. The Balaban J connectivity index is 1.32. The highest BCUT2D eigenvalue weighted by Crippen LogP contribution is 2.50. The average Bonchev–Trinajstić information content (AvgIpc) is 3.67. The van der Waals surface area contributed by atoms with Gasteiger partial charge in [-0.2, -0.15) is 15.3 Å². The van der Waals surface area contributed by atoms with E-state index in [0.717, 1.165) is 31.2 Å². The van der Waals surface area contributed by atoms with Crippen molar-refractivity contribution >= 4 is 17.5 Å². The Morgan fingerprint density at radius 1 is 1.06 bits per heavy atom. The largest absolute Gasteiger partial charge is 0.339 e. The summed E-state index contributed by atoms with van der Waals surface area (Å²) < 4.78 is 5.20. The van der Waals surface area contributed by atoms with Crippen molar-refractivity contribution in [1.29, 1.82) is 0 Å². The van der Waals surface area contributed by atoms with Gasteiger partial charge in [0.2, 0.25) is 5.91 Å². The smallest absolute Gasteiger partial charge is 0.270 e. The van der Waals surface area contributed by atoms with Crippen molar-refractivity contribution in [3.05, 3.63) is 48.3 Å². The fraction of sp³-hybridized carbons (Fsp3) is 0.542. The third-order valence-corrected chi connectivity index (χ3v) is 6.68. The summed E-state index contributed by atoms with van der Waals surface area (Å²) >= 11 is 0. The van der Waals surface area contributed by atoms with Crippen LogP contribution in [0.3, 0.4) is 0 Å². The molecule has 0 aliphatic heterocycles. The maximum atomic E-state index is 13.5. The van der Waals surface area contributed by atoms with E-state index in [2.05, 4.69) is 25.9 Å². The van der Waals surface area contributed by atoms with Crippen LogP contribution in [0, 0.1) is 17.8 Å². The lowest BCUT2D eigenvalue weighted by molar-refractivity contribution is -0.119. The van der Waals surface area contributed by atoms with Crippen molar-refractivity contribution in [1.82, 2.24) is 34.7 Å². The molecule has 0 spiro atoms. The van der Waals surface area contributed by atoms with E-state index < -0.39 is 6.04 Å². The van der Waals surface area contributed by atoms with Crippen LogP contribution in [-0.2, 0) is 18.4 Å². The predicted molar refractivity (Wildman–Crippen MR) is 126 cm³/mol. The van der Waals surface area contributed by atoms with E-state index in [-0.39, 0.29) is 23.8 Å². The van der Waals surface area contributed by atoms with Gasteiger partial charge in [-0.1, -0.05) is 0 Å². The monoisotopic (exact) mass is 464 g/mol. The third kappa shape index (κ3) is 4.90. The number of nitrogens with one attached hydrogen (secondary N) is 2. The van der Waals surface area contributed by atoms with Crippen molar-refractivity contribution in [2.24, 2.45) is 24.8 Å². The highest BCUT2D eigenvalue weighted by atomic mass is 16.2. The second-order valence-electron chi connectivity index (χ2n) is 9.90. The molecule has 0 radical (unpaired) electrons. The van der Waals surface area contributed by atoms with Crippen molar-refractivity contribution in [3.63, 3.8) is 0 Å². The van der Waals surface area contributed by atoms with Crippen LogP contribution < -0.4 is 10.6 Å². The van der Waals surface area contributed by atoms with Gasteiger partial charge in [0.05, 0.1) is 24.6 Å². The summed E-state index contributed by atoms with van der Waals surface area (Å²) in [6.07, 6.45) is 13.3. The van der Waals surface area contributed by atoms with E-state index in [1.54, 1.807) is 44.9 Å². The van der Waals surface area contributed by atoms with Gasteiger partial charge in [-0.05, 0) is 63.4 Å². The zero-order chi connectivity index (χ0) is 23.8. The Bertz CT molecular complexity index is 1160. The van der Waals surface area contributed by atoms with Gasteiger partial charge in [0.15, 0.2) is 0 Å². The van der Waals surface area contributed by atoms with Crippen LogP contribution in [-0.4, -0.2) is 47.2 Å². The van der Waals surface area contributed by atoms with Gasteiger partial charge in [-0.3, -0.25) is 23.6 Å². The summed E-state index contributed by atoms with van der Waals surface area (Å²) in [5.74, 6) is 0.696. The normalized spacial score (nSPS) is 16.7. The predicted octanol–water partition coefficient (Wildman–Crippen LogP) is 2.62. The van der Waals surface area contributed by atoms with E-state index in [1.807, 2.05) is 27.1 Å². The number of aromatic nitrogens is 6. The molecule has 10 heteroatoms. The molecule has 2 aliphatic rings. The number of nitrogens with zero attached hydrogens (tertiary/aromatic N) is 6. The zero-order valence-corrected chi connectivity index (χ0v) is 19.9. The Morgan fingerprint density at radius 3 is 2.41 bits per heavy atom. The molecule has 180 valence electrons. The molecule has 0 aromatic carbocycles. The molecule has 3 aromatic rings. The molecule has 2 N–H and O–H groups in total. The molecular formula is C24H32N8O2. The molecule has 0 bridgehead atoms. The van der Waals surface area contributed by atoms with E-state index >= 15 is 0 Å². The first-order chi connectivity index (χ1) is 16.4. The maximum Gasteiger partial charge on any atom is 0.270 e. The highest BCUT2D eigenvalue weighted by molar-refractivity contribution is 6.00. The number of carbonyl (C=O) groups excluding carboxylic acids is 2. The molecular weight excluding hydrogens is 432 g/mol. The second kappa shape index (κ2) is 9.08. The van der Waals surface area contributed by atoms with Crippen LogP contribution in [0.15, 0.2) is 37.1 Å². The van der Waals surface area contributed by atoms with Crippen molar-refractivity contribution in [3.8, 4) is 0 Å². The topological polar surface area (TPSA) is 112 Å². The van der Waals surface area contributed by atoms with E-state index in [1.165, 1.54) is 0 Å².